The molecule has 13 heteroatoms. The van der Waals surface area contributed by atoms with Crippen LogP contribution >= 0.6 is 0 Å². The van der Waals surface area contributed by atoms with E-state index in [-0.39, 0.29) is 50.9 Å². The molecule has 2 saturated heterocycles. The van der Waals surface area contributed by atoms with Crippen LogP contribution in [-0.4, -0.2) is 115 Å². The molecule has 0 bridgehead atoms. The Labute approximate surface area is 253 Å². The van der Waals surface area contributed by atoms with Crippen molar-refractivity contribution in [2.45, 2.75) is 140 Å². The summed E-state index contributed by atoms with van der Waals surface area (Å²) in [5.41, 5.74) is -0.505. The molecule has 0 saturated carbocycles. The maximum Gasteiger partial charge on any atom is 0.333 e. The third kappa shape index (κ3) is 11.4. The first kappa shape index (κ1) is 39.2. The number of likely N-dealkylation sites (tertiary alicyclic amines) is 2. The number of ether oxygens (including phenoxy) is 2. The molecule has 2 heterocycles. The Bertz CT molecular complexity index is 827. The van der Waals surface area contributed by atoms with Gasteiger partial charge in [0, 0.05) is 38.6 Å². The van der Waals surface area contributed by atoms with Crippen molar-refractivity contribution in [3.05, 3.63) is 0 Å². The van der Waals surface area contributed by atoms with Gasteiger partial charge in [0.05, 0.1) is 25.0 Å². The van der Waals surface area contributed by atoms with E-state index in [1.807, 2.05) is 14.1 Å². The Balaban J connectivity index is 0.000000762. The zero-order valence-corrected chi connectivity index (χ0v) is 27.0. The van der Waals surface area contributed by atoms with E-state index in [4.69, 9.17) is 29.9 Å². The molecule has 0 aliphatic carbocycles. The van der Waals surface area contributed by atoms with Crippen LogP contribution < -0.4 is 0 Å². The summed E-state index contributed by atoms with van der Waals surface area (Å²) >= 11 is 0. The molecule has 0 aromatic carbocycles. The summed E-state index contributed by atoms with van der Waals surface area (Å²) in [6, 6.07) is 0. The quantitative estimate of drug-likeness (QED) is 0.259. The van der Waals surface area contributed by atoms with Gasteiger partial charge in [-0.15, -0.1) is 0 Å². The van der Waals surface area contributed by atoms with Crippen molar-refractivity contribution in [1.29, 1.82) is 0 Å². The molecular formula is C28H50N2NiO10. The number of nitrogens with zero attached hydrogens (tertiary/aromatic N) is 2. The molecule has 0 radical (unpaired) electrons. The fourth-order valence-corrected chi connectivity index (χ4v) is 5.92. The van der Waals surface area contributed by atoms with Crippen LogP contribution in [0.3, 0.4) is 0 Å². The second-order valence-corrected chi connectivity index (χ2v) is 13.5. The fraction of sp³-hybridized carbons (Fsp3) is 0.857. The number of rotatable bonds is 10. The molecule has 41 heavy (non-hydrogen) atoms. The van der Waals surface area contributed by atoms with E-state index in [2.05, 4.69) is 65.2 Å². The van der Waals surface area contributed by atoms with Gasteiger partial charge in [-0.25, -0.2) is 9.59 Å². The van der Waals surface area contributed by atoms with Crippen LogP contribution in [0.15, 0.2) is 0 Å². The average molecular weight is 633 g/mol. The summed E-state index contributed by atoms with van der Waals surface area (Å²) < 4.78 is 11.2. The van der Waals surface area contributed by atoms with E-state index >= 15 is 0 Å². The van der Waals surface area contributed by atoms with Gasteiger partial charge in [-0.2, -0.15) is 0 Å². The van der Waals surface area contributed by atoms with Gasteiger partial charge in [0.2, 0.25) is 0 Å². The minimum Gasteiger partial charge on any atom is -0.481 e. The molecule has 12 nitrogen and oxygen atoms in total. The van der Waals surface area contributed by atoms with E-state index < -0.39 is 48.9 Å². The Kier molecular flexibility index (Phi) is 14.0. The first-order valence-electron chi connectivity index (χ1n) is 13.6. The number of hydrogen-bond donors (Lipinski definition) is 4. The van der Waals surface area contributed by atoms with Crippen molar-refractivity contribution < 1.29 is 65.6 Å². The van der Waals surface area contributed by atoms with Gasteiger partial charge in [-0.05, 0) is 95.2 Å². The largest absolute Gasteiger partial charge is 0.481 e. The molecule has 2 aliphatic rings. The van der Waals surface area contributed by atoms with Gasteiger partial charge in [0.25, 0.3) is 0 Å². The fourth-order valence-electron chi connectivity index (χ4n) is 5.92. The SMILES string of the molecule is CN1C(C)(C)CC(OC(CC(=O)O)C(=O)O)CC1(C)C.CN1C(C)(C)CC(OC(CC(=O)O)C(=O)O)CC1(C)C.[Ni]. The Morgan fingerprint density at radius 3 is 1.00 bits per heavy atom. The summed E-state index contributed by atoms with van der Waals surface area (Å²) in [5, 5.41) is 35.6. The van der Waals surface area contributed by atoms with E-state index in [0.717, 1.165) is 0 Å². The predicted octanol–water partition coefficient (Wildman–Crippen LogP) is 3.16. The van der Waals surface area contributed by atoms with Gasteiger partial charge >= 0.3 is 23.9 Å². The molecule has 4 N–H and O–H groups in total. The van der Waals surface area contributed by atoms with Crippen molar-refractivity contribution in [3.8, 4) is 0 Å². The summed E-state index contributed by atoms with van der Waals surface area (Å²) in [6.45, 7) is 16.6. The standard InChI is InChI=1S/2C14H25NO5.Ni/c2*1-13(2)7-9(8-14(3,4)15(13)5)20-10(12(18)19)6-11(16)17;/h2*9-10H,6-8H2,1-5H3,(H,16,17)(H,18,19);. The molecule has 2 aliphatic heterocycles. The van der Waals surface area contributed by atoms with Gasteiger partial charge in [0.1, 0.15) is 0 Å². The summed E-state index contributed by atoms with van der Waals surface area (Å²) in [5.74, 6) is -4.77. The Morgan fingerprint density at radius 2 is 0.829 bits per heavy atom. The summed E-state index contributed by atoms with van der Waals surface area (Å²) in [6.07, 6.45) is -1.39. The molecule has 242 valence electrons. The maximum atomic E-state index is 11.1. The van der Waals surface area contributed by atoms with Crippen molar-refractivity contribution in [2.24, 2.45) is 0 Å². The second-order valence-electron chi connectivity index (χ2n) is 13.5. The molecule has 0 amide bonds. The van der Waals surface area contributed by atoms with E-state index in [0.29, 0.717) is 25.7 Å². The van der Waals surface area contributed by atoms with Crippen molar-refractivity contribution in [3.63, 3.8) is 0 Å². The smallest absolute Gasteiger partial charge is 0.333 e. The van der Waals surface area contributed by atoms with E-state index in [1.165, 1.54) is 0 Å². The zero-order valence-electron chi connectivity index (χ0n) is 26.0. The minimum absolute atomic E-state index is 0. The van der Waals surface area contributed by atoms with Crippen molar-refractivity contribution >= 4 is 23.9 Å². The van der Waals surface area contributed by atoms with Crippen LogP contribution in [0, 0.1) is 0 Å². The van der Waals surface area contributed by atoms with Crippen LogP contribution in [0.4, 0.5) is 0 Å². The summed E-state index contributed by atoms with van der Waals surface area (Å²) in [7, 11) is 4.09. The first-order valence-corrected chi connectivity index (χ1v) is 13.6. The van der Waals surface area contributed by atoms with Crippen molar-refractivity contribution in [2.75, 3.05) is 14.1 Å². The maximum absolute atomic E-state index is 11.1. The van der Waals surface area contributed by atoms with Gasteiger partial charge in [-0.3, -0.25) is 19.4 Å². The number of hydrogen-bond acceptors (Lipinski definition) is 8. The van der Waals surface area contributed by atoms with Gasteiger partial charge in [-0.1, -0.05) is 0 Å². The van der Waals surface area contributed by atoms with E-state index in [9.17, 15) is 19.2 Å². The topological polar surface area (TPSA) is 174 Å². The number of carboxylic acids is 4. The van der Waals surface area contributed by atoms with Crippen LogP contribution in [0.25, 0.3) is 0 Å². The normalized spacial score (nSPS) is 23.7. The zero-order chi connectivity index (χ0) is 31.4. The number of carbonyl (C=O) groups is 4. The average Bonchev–Trinajstić information content (AvgIpc) is 2.74. The van der Waals surface area contributed by atoms with Crippen LogP contribution in [0.2, 0.25) is 0 Å². The monoisotopic (exact) mass is 632 g/mol. The number of carboxylic acid groups (broad SMARTS) is 4. The third-order valence-electron chi connectivity index (χ3n) is 8.53. The molecule has 0 aromatic rings. The van der Waals surface area contributed by atoms with Gasteiger partial charge in [0.15, 0.2) is 12.2 Å². The van der Waals surface area contributed by atoms with Gasteiger partial charge < -0.3 is 29.9 Å². The molecule has 2 fully saturated rings. The predicted molar refractivity (Wildman–Crippen MR) is 147 cm³/mol. The molecule has 0 aromatic heterocycles. The molecule has 2 atom stereocenters. The molecule has 0 spiro atoms. The van der Waals surface area contributed by atoms with E-state index in [1.54, 1.807) is 0 Å². The first-order chi connectivity index (χ1) is 17.9. The Hall–Kier alpha value is -1.79. The molecule has 2 unspecified atom stereocenters. The Morgan fingerprint density at radius 1 is 0.610 bits per heavy atom. The van der Waals surface area contributed by atoms with Crippen LogP contribution in [0.1, 0.15) is 93.9 Å². The number of aliphatic carboxylic acids is 4. The third-order valence-corrected chi connectivity index (χ3v) is 8.53. The minimum atomic E-state index is -1.28. The van der Waals surface area contributed by atoms with Crippen LogP contribution in [0.5, 0.6) is 0 Å². The van der Waals surface area contributed by atoms with Crippen molar-refractivity contribution in [1.82, 2.24) is 9.80 Å². The summed E-state index contributed by atoms with van der Waals surface area (Å²) in [4.78, 5) is 48.1. The molecular weight excluding hydrogens is 583 g/mol. The molecule has 2 rings (SSSR count). The number of piperidine rings is 2. The second kappa shape index (κ2) is 14.6. The van der Waals surface area contributed by atoms with Crippen LogP contribution in [-0.2, 0) is 45.1 Å².